The Balaban J connectivity index is 1.77. The molecule has 1 fully saturated rings. The number of ether oxygens (including phenoxy) is 2. The van der Waals surface area contributed by atoms with Gasteiger partial charge in [0.05, 0.1) is 13.2 Å². The number of hydrogen-bond donors (Lipinski definition) is 0. The van der Waals surface area contributed by atoms with Gasteiger partial charge in [-0.1, -0.05) is 37.6 Å². The molecule has 2 aliphatic rings. The van der Waals surface area contributed by atoms with Crippen molar-refractivity contribution in [2.24, 2.45) is 5.41 Å². The zero-order valence-electron chi connectivity index (χ0n) is 11.1. The SMILES string of the molecule is CC1(C)CCC(=CCC2OCC=CCO2)CC1. The molecule has 0 amide bonds. The molecule has 1 aliphatic carbocycles. The van der Waals surface area contributed by atoms with Crippen molar-refractivity contribution in [2.45, 2.75) is 52.2 Å². The minimum absolute atomic E-state index is 0.0487. The molecule has 1 saturated carbocycles. The van der Waals surface area contributed by atoms with Gasteiger partial charge in [0, 0.05) is 6.42 Å². The van der Waals surface area contributed by atoms with Crippen molar-refractivity contribution >= 4 is 0 Å². The van der Waals surface area contributed by atoms with Crippen LogP contribution in [0.3, 0.4) is 0 Å². The summed E-state index contributed by atoms with van der Waals surface area (Å²) < 4.78 is 11.2. The molecule has 0 bridgehead atoms. The summed E-state index contributed by atoms with van der Waals surface area (Å²) in [5, 5.41) is 0. The van der Waals surface area contributed by atoms with Crippen LogP contribution in [0.1, 0.15) is 46.0 Å². The van der Waals surface area contributed by atoms with Crippen LogP contribution >= 0.6 is 0 Å². The minimum atomic E-state index is -0.0487. The van der Waals surface area contributed by atoms with E-state index in [1.165, 1.54) is 25.7 Å². The number of allylic oxidation sites excluding steroid dienone is 1. The van der Waals surface area contributed by atoms with Crippen molar-refractivity contribution in [1.29, 1.82) is 0 Å². The number of hydrogen-bond acceptors (Lipinski definition) is 2. The van der Waals surface area contributed by atoms with Crippen molar-refractivity contribution < 1.29 is 9.47 Å². The molecule has 0 aromatic rings. The molecule has 2 rings (SSSR count). The zero-order valence-corrected chi connectivity index (χ0v) is 11.1. The summed E-state index contributed by atoms with van der Waals surface area (Å²) in [7, 11) is 0. The Morgan fingerprint density at radius 3 is 2.35 bits per heavy atom. The fraction of sp³-hybridized carbons (Fsp3) is 0.733. The van der Waals surface area contributed by atoms with E-state index in [9.17, 15) is 0 Å². The van der Waals surface area contributed by atoms with Gasteiger partial charge in [0.1, 0.15) is 0 Å². The lowest BCUT2D eigenvalue weighted by Gasteiger charge is -2.31. The molecular weight excluding hydrogens is 212 g/mol. The standard InChI is InChI=1S/C15H24O2/c1-15(2)9-7-13(8-10-15)5-6-14-16-11-3-4-12-17-14/h3-5,14H,6-12H2,1-2H3. The molecule has 0 aromatic carbocycles. The predicted molar refractivity (Wildman–Crippen MR) is 69.8 cm³/mol. The maximum atomic E-state index is 5.58. The molecule has 1 aliphatic heterocycles. The van der Waals surface area contributed by atoms with E-state index in [0.717, 1.165) is 6.42 Å². The van der Waals surface area contributed by atoms with E-state index in [-0.39, 0.29) is 6.29 Å². The minimum Gasteiger partial charge on any atom is -0.348 e. The topological polar surface area (TPSA) is 18.5 Å². The first kappa shape index (κ1) is 12.8. The molecular formula is C15H24O2. The van der Waals surface area contributed by atoms with Crippen LogP contribution in [-0.4, -0.2) is 19.5 Å². The highest BCUT2D eigenvalue weighted by Crippen LogP contribution is 2.37. The average Bonchev–Trinajstić information content (AvgIpc) is 2.56. The third-order valence-electron chi connectivity index (χ3n) is 3.77. The summed E-state index contributed by atoms with van der Waals surface area (Å²) in [6, 6.07) is 0. The van der Waals surface area contributed by atoms with Gasteiger partial charge < -0.3 is 9.47 Å². The molecule has 1 heterocycles. The summed E-state index contributed by atoms with van der Waals surface area (Å²) in [5.74, 6) is 0. The Morgan fingerprint density at radius 1 is 1.18 bits per heavy atom. The van der Waals surface area contributed by atoms with Crippen molar-refractivity contribution in [3.63, 3.8) is 0 Å². The molecule has 17 heavy (non-hydrogen) atoms. The third kappa shape index (κ3) is 4.29. The van der Waals surface area contributed by atoms with Crippen molar-refractivity contribution in [3.05, 3.63) is 23.8 Å². The normalized spacial score (nSPS) is 25.6. The zero-order chi connectivity index (χ0) is 12.1. The van der Waals surface area contributed by atoms with Crippen molar-refractivity contribution in [1.82, 2.24) is 0 Å². The van der Waals surface area contributed by atoms with Crippen LogP contribution in [0.2, 0.25) is 0 Å². The third-order valence-corrected chi connectivity index (χ3v) is 3.77. The Kier molecular flexibility index (Phi) is 4.41. The molecule has 0 aromatic heterocycles. The maximum Gasteiger partial charge on any atom is 0.161 e. The second kappa shape index (κ2) is 5.83. The highest BCUT2D eigenvalue weighted by atomic mass is 16.7. The number of rotatable bonds is 2. The van der Waals surface area contributed by atoms with E-state index in [2.05, 4.69) is 19.9 Å². The van der Waals surface area contributed by atoms with Gasteiger partial charge in [-0.3, -0.25) is 0 Å². The molecule has 0 N–H and O–H groups in total. The molecule has 96 valence electrons. The summed E-state index contributed by atoms with van der Waals surface area (Å²) in [4.78, 5) is 0. The quantitative estimate of drug-likeness (QED) is 0.678. The molecule has 0 atom stereocenters. The van der Waals surface area contributed by atoms with Gasteiger partial charge in [-0.25, -0.2) is 0 Å². The van der Waals surface area contributed by atoms with Crippen LogP contribution in [0.5, 0.6) is 0 Å². The van der Waals surface area contributed by atoms with Crippen LogP contribution in [0, 0.1) is 5.41 Å². The summed E-state index contributed by atoms with van der Waals surface area (Å²) in [5.41, 5.74) is 2.13. The highest BCUT2D eigenvalue weighted by Gasteiger charge is 2.23. The Labute approximate surface area is 105 Å². The summed E-state index contributed by atoms with van der Waals surface area (Å²) in [6.07, 6.45) is 12.4. The fourth-order valence-electron chi connectivity index (χ4n) is 2.36. The van der Waals surface area contributed by atoms with Gasteiger partial charge in [0.2, 0.25) is 0 Å². The van der Waals surface area contributed by atoms with Crippen LogP contribution < -0.4 is 0 Å². The van der Waals surface area contributed by atoms with Crippen LogP contribution in [0.15, 0.2) is 23.8 Å². The van der Waals surface area contributed by atoms with Gasteiger partial charge in [0.15, 0.2) is 6.29 Å². The van der Waals surface area contributed by atoms with Gasteiger partial charge in [-0.15, -0.1) is 0 Å². The van der Waals surface area contributed by atoms with E-state index in [4.69, 9.17) is 9.47 Å². The maximum absolute atomic E-state index is 5.58. The van der Waals surface area contributed by atoms with E-state index >= 15 is 0 Å². The van der Waals surface area contributed by atoms with E-state index in [1.807, 2.05) is 12.2 Å². The van der Waals surface area contributed by atoms with Crippen LogP contribution in [0.4, 0.5) is 0 Å². The van der Waals surface area contributed by atoms with Gasteiger partial charge in [-0.05, 0) is 31.1 Å². The van der Waals surface area contributed by atoms with E-state index in [1.54, 1.807) is 5.57 Å². The van der Waals surface area contributed by atoms with Crippen molar-refractivity contribution in [2.75, 3.05) is 13.2 Å². The van der Waals surface area contributed by atoms with Crippen LogP contribution in [-0.2, 0) is 9.47 Å². The Morgan fingerprint density at radius 2 is 1.76 bits per heavy atom. The second-order valence-corrected chi connectivity index (χ2v) is 5.83. The van der Waals surface area contributed by atoms with Gasteiger partial charge in [0.25, 0.3) is 0 Å². The Hall–Kier alpha value is -0.600. The first-order chi connectivity index (χ1) is 8.16. The van der Waals surface area contributed by atoms with E-state index < -0.39 is 0 Å². The molecule has 0 spiro atoms. The average molecular weight is 236 g/mol. The monoisotopic (exact) mass is 236 g/mol. The lowest BCUT2D eigenvalue weighted by Crippen LogP contribution is -2.18. The molecule has 2 nitrogen and oxygen atoms in total. The van der Waals surface area contributed by atoms with Crippen LogP contribution in [0.25, 0.3) is 0 Å². The molecule has 0 saturated heterocycles. The molecule has 0 radical (unpaired) electrons. The highest BCUT2D eigenvalue weighted by molar-refractivity contribution is 5.07. The van der Waals surface area contributed by atoms with Gasteiger partial charge in [-0.2, -0.15) is 0 Å². The van der Waals surface area contributed by atoms with Crippen molar-refractivity contribution in [3.8, 4) is 0 Å². The predicted octanol–water partition coefficient (Wildman–Crippen LogP) is 3.83. The summed E-state index contributed by atoms with van der Waals surface area (Å²) in [6.45, 7) is 6.10. The fourth-order valence-corrected chi connectivity index (χ4v) is 2.36. The molecule has 2 heteroatoms. The first-order valence-corrected chi connectivity index (χ1v) is 6.72. The lowest BCUT2D eigenvalue weighted by molar-refractivity contribution is -0.118. The Bertz CT molecular complexity index is 280. The van der Waals surface area contributed by atoms with Gasteiger partial charge >= 0.3 is 0 Å². The molecule has 0 unspecified atom stereocenters. The second-order valence-electron chi connectivity index (χ2n) is 5.83. The lowest BCUT2D eigenvalue weighted by atomic mass is 9.75. The summed E-state index contributed by atoms with van der Waals surface area (Å²) >= 11 is 0. The first-order valence-electron chi connectivity index (χ1n) is 6.72. The van der Waals surface area contributed by atoms with E-state index in [0.29, 0.717) is 18.6 Å². The largest absolute Gasteiger partial charge is 0.348 e. The smallest absolute Gasteiger partial charge is 0.161 e.